The number of benzene rings is 3. The normalized spacial score (nSPS) is 11.2. The van der Waals surface area contributed by atoms with E-state index in [-0.39, 0.29) is 36.6 Å². The highest BCUT2D eigenvalue weighted by molar-refractivity contribution is 5.83. The number of phenols is 1. The number of nitrogens with zero attached hydrogens (tertiary/aromatic N) is 3. The molecule has 0 spiro atoms. The van der Waals surface area contributed by atoms with Crippen LogP contribution in [-0.2, 0) is 9.59 Å². The highest BCUT2D eigenvalue weighted by Gasteiger charge is 2.19. The van der Waals surface area contributed by atoms with Crippen molar-refractivity contribution in [2.45, 2.75) is 219 Å². The molecule has 3 aromatic carbocycles. The third-order valence-corrected chi connectivity index (χ3v) is 12.4. The van der Waals surface area contributed by atoms with E-state index >= 15 is 0 Å². The second-order valence-corrected chi connectivity index (χ2v) is 18.2. The Kier molecular flexibility index (Phi) is 28.1. The number of ether oxygens (including phenoxy) is 3. The number of rotatable bonds is 38. The van der Waals surface area contributed by atoms with Gasteiger partial charge in [0.1, 0.15) is 11.5 Å². The Labute approximate surface area is 398 Å². The Balaban J connectivity index is 1.29. The lowest BCUT2D eigenvalue weighted by atomic mass is 9.97. The zero-order chi connectivity index (χ0) is 46.7. The van der Waals surface area contributed by atoms with E-state index < -0.39 is 11.9 Å². The molecule has 0 saturated carbocycles. The zero-order valence-corrected chi connectivity index (χ0v) is 40.9. The van der Waals surface area contributed by atoms with Gasteiger partial charge < -0.3 is 19.3 Å². The number of carbonyl (C=O) groups excluding carboxylic acids is 2. The Morgan fingerprint density at radius 3 is 1.02 bits per heavy atom. The van der Waals surface area contributed by atoms with E-state index in [2.05, 4.69) is 28.8 Å². The molecule has 0 aliphatic heterocycles. The molecule has 1 heterocycles. The van der Waals surface area contributed by atoms with E-state index in [4.69, 9.17) is 14.2 Å². The molecular formula is C57H83N3O6. The first-order chi connectivity index (χ1) is 32.5. The summed E-state index contributed by atoms with van der Waals surface area (Å²) in [6.07, 6.45) is 37.6. The van der Waals surface area contributed by atoms with Crippen molar-refractivity contribution in [3.05, 3.63) is 72.8 Å². The van der Waals surface area contributed by atoms with Crippen LogP contribution in [0.1, 0.15) is 219 Å². The topological polar surface area (TPSA) is 121 Å². The van der Waals surface area contributed by atoms with Gasteiger partial charge in [-0.15, -0.1) is 15.0 Å². The van der Waals surface area contributed by atoms with Crippen LogP contribution in [0.2, 0.25) is 0 Å². The summed E-state index contributed by atoms with van der Waals surface area (Å²) in [6, 6.07) is 21.6. The van der Waals surface area contributed by atoms with Crippen LogP contribution in [0, 0.1) is 0 Å². The number of unbranched alkanes of at least 4 members (excludes halogenated alkanes) is 28. The van der Waals surface area contributed by atoms with Crippen molar-refractivity contribution in [3.8, 4) is 51.8 Å². The van der Waals surface area contributed by atoms with Crippen LogP contribution in [0.15, 0.2) is 72.8 Å². The predicted molar refractivity (Wildman–Crippen MR) is 269 cm³/mol. The Hall–Kier alpha value is -4.79. The van der Waals surface area contributed by atoms with E-state index in [0.717, 1.165) is 36.8 Å². The van der Waals surface area contributed by atoms with Crippen molar-refractivity contribution in [2.75, 3.05) is 0 Å². The third-order valence-electron chi connectivity index (χ3n) is 12.4. The molecule has 0 unspecified atom stereocenters. The number of phenolic OH excluding ortho intramolecular Hbond substituents is 1. The maximum Gasteiger partial charge on any atom is 0.333 e. The first-order valence-corrected chi connectivity index (χ1v) is 26.3. The van der Waals surface area contributed by atoms with Crippen molar-refractivity contribution in [1.82, 2.24) is 15.0 Å². The molecule has 9 heteroatoms. The fourth-order valence-corrected chi connectivity index (χ4v) is 8.49. The van der Waals surface area contributed by atoms with E-state index in [1.165, 1.54) is 154 Å². The van der Waals surface area contributed by atoms with Gasteiger partial charge >= 0.3 is 30.0 Å². The summed E-state index contributed by atoms with van der Waals surface area (Å²) in [5, 5.41) is 11.5. The van der Waals surface area contributed by atoms with Crippen LogP contribution in [0.5, 0.6) is 29.5 Å². The first kappa shape index (κ1) is 53.8. The van der Waals surface area contributed by atoms with E-state index in [1.54, 1.807) is 12.1 Å². The van der Waals surface area contributed by atoms with Crippen molar-refractivity contribution in [2.24, 2.45) is 0 Å². The predicted octanol–water partition coefficient (Wildman–Crippen LogP) is 17.0. The maximum absolute atomic E-state index is 13.1. The summed E-state index contributed by atoms with van der Waals surface area (Å²) < 4.78 is 17.5. The number of hydrogen-bond donors (Lipinski definition) is 1. The van der Waals surface area contributed by atoms with Crippen LogP contribution in [-0.4, -0.2) is 32.0 Å². The molecule has 362 valence electrons. The molecule has 0 radical (unpaired) electrons. The minimum absolute atomic E-state index is 0.0947. The van der Waals surface area contributed by atoms with E-state index in [9.17, 15) is 14.7 Å². The third kappa shape index (κ3) is 23.1. The van der Waals surface area contributed by atoms with Crippen molar-refractivity contribution in [3.63, 3.8) is 0 Å². The molecule has 0 aliphatic rings. The minimum atomic E-state index is -0.473. The average molecular weight is 906 g/mol. The second kappa shape index (κ2) is 34.5. The van der Waals surface area contributed by atoms with Crippen molar-refractivity contribution in [1.29, 1.82) is 0 Å². The molecule has 0 atom stereocenters. The molecule has 0 bridgehead atoms. The van der Waals surface area contributed by atoms with Crippen LogP contribution in [0.4, 0.5) is 0 Å². The number of hydrogen-bond acceptors (Lipinski definition) is 9. The van der Waals surface area contributed by atoms with Gasteiger partial charge in [-0.05, 0) is 36.1 Å². The molecule has 4 rings (SSSR count). The number of aromatic hydroxyl groups is 1. The average Bonchev–Trinajstić information content (AvgIpc) is 3.32. The Morgan fingerprint density at radius 1 is 0.409 bits per heavy atom. The highest BCUT2D eigenvalue weighted by Crippen LogP contribution is 2.42. The molecular weight excluding hydrogens is 823 g/mol. The summed E-state index contributed by atoms with van der Waals surface area (Å²) in [5.74, 6) is -0.530. The van der Waals surface area contributed by atoms with Gasteiger partial charge in [-0.2, -0.15) is 0 Å². The monoisotopic (exact) mass is 906 g/mol. The largest absolute Gasteiger partial charge is 0.507 e. The molecule has 0 saturated heterocycles. The molecule has 1 N–H and O–H groups in total. The molecule has 0 fully saturated rings. The van der Waals surface area contributed by atoms with Gasteiger partial charge in [-0.1, -0.05) is 254 Å². The van der Waals surface area contributed by atoms with E-state index in [0.29, 0.717) is 29.7 Å². The summed E-state index contributed by atoms with van der Waals surface area (Å²) in [4.78, 5) is 39.0. The van der Waals surface area contributed by atoms with Crippen molar-refractivity contribution < 1.29 is 28.9 Å². The minimum Gasteiger partial charge on any atom is -0.507 e. The first-order valence-electron chi connectivity index (χ1n) is 26.3. The maximum atomic E-state index is 13.1. The number of carbonyl (C=O) groups is 2. The van der Waals surface area contributed by atoms with Crippen LogP contribution in [0.3, 0.4) is 0 Å². The molecule has 9 nitrogen and oxygen atoms in total. The Morgan fingerprint density at radius 2 is 0.697 bits per heavy atom. The lowest BCUT2D eigenvalue weighted by molar-refractivity contribution is -0.135. The lowest BCUT2D eigenvalue weighted by Crippen LogP contribution is -2.14. The number of aromatic nitrogens is 3. The van der Waals surface area contributed by atoms with Gasteiger partial charge in [0, 0.05) is 24.0 Å². The number of esters is 2. The molecule has 4 aromatic rings. The van der Waals surface area contributed by atoms with Crippen LogP contribution in [0.25, 0.3) is 22.3 Å². The fourth-order valence-electron chi connectivity index (χ4n) is 8.49. The van der Waals surface area contributed by atoms with Gasteiger partial charge in [0.25, 0.3) is 0 Å². The summed E-state index contributed by atoms with van der Waals surface area (Å²) in [6.45, 7) is 4.53. The molecule has 0 amide bonds. The lowest BCUT2D eigenvalue weighted by Gasteiger charge is -2.14. The Bertz CT molecular complexity index is 1760. The molecule has 1 aromatic heterocycles. The fraction of sp³-hybridized carbons (Fsp3) is 0.596. The van der Waals surface area contributed by atoms with Crippen LogP contribution < -0.4 is 14.2 Å². The van der Waals surface area contributed by atoms with Gasteiger partial charge in [-0.3, -0.25) is 9.59 Å². The van der Waals surface area contributed by atoms with Gasteiger partial charge in [0.2, 0.25) is 0 Å². The standard InChI is InChI=1S/C57H83N3O6/c1-3-5-7-9-11-13-15-17-19-21-23-25-27-29-37-43-52(61)65-56-58-55(64-49-45-50(47-39-33-31-34-40-47)54(63)51(46-49)48-41-35-32-36-42-48)59-57(60-56)66-53(62)44-38-30-28-26-24-22-20-18-16-14-12-10-8-6-4-2/h31-36,39-42,45-46,63H,3-30,37-38,43-44H2,1-2H3. The zero-order valence-electron chi connectivity index (χ0n) is 40.9. The summed E-state index contributed by atoms with van der Waals surface area (Å²) >= 11 is 0. The summed E-state index contributed by atoms with van der Waals surface area (Å²) in [5.41, 5.74) is 2.67. The SMILES string of the molecule is CCCCCCCCCCCCCCCCCC(=O)Oc1nc(OC(=O)CCCCCCCCCCCCCCCCC)nc(Oc2cc(-c3ccccc3)c(O)c(-c3ccccc3)c2)n1. The van der Waals surface area contributed by atoms with Gasteiger partial charge in [-0.25, -0.2) is 0 Å². The molecule has 66 heavy (non-hydrogen) atoms. The second-order valence-electron chi connectivity index (χ2n) is 18.2. The van der Waals surface area contributed by atoms with Crippen molar-refractivity contribution >= 4 is 11.9 Å². The van der Waals surface area contributed by atoms with Crippen LogP contribution >= 0.6 is 0 Å². The smallest absolute Gasteiger partial charge is 0.333 e. The molecule has 0 aliphatic carbocycles. The van der Waals surface area contributed by atoms with Gasteiger partial charge in [0.15, 0.2) is 0 Å². The van der Waals surface area contributed by atoms with Gasteiger partial charge in [0.05, 0.1) is 0 Å². The van der Waals surface area contributed by atoms with E-state index in [1.807, 2.05) is 60.7 Å². The quantitative estimate of drug-likeness (QED) is 0.0346. The summed E-state index contributed by atoms with van der Waals surface area (Å²) in [7, 11) is 0. The highest BCUT2D eigenvalue weighted by atomic mass is 16.6.